The Labute approximate surface area is 141 Å². The number of esters is 1. The fourth-order valence-corrected chi connectivity index (χ4v) is 3.14. The van der Waals surface area contributed by atoms with E-state index in [0.29, 0.717) is 12.2 Å². The number of para-hydroxylation sites is 1. The average Bonchev–Trinajstić information content (AvgIpc) is 2.86. The lowest BCUT2D eigenvalue weighted by molar-refractivity contribution is 0.0527. The van der Waals surface area contributed by atoms with Gasteiger partial charge in [-0.25, -0.2) is 4.79 Å². The maximum Gasteiger partial charge on any atom is 0.340 e. The molecular weight excluding hydrogens is 302 g/mol. The zero-order valence-corrected chi connectivity index (χ0v) is 14.4. The van der Waals surface area contributed by atoms with E-state index in [4.69, 9.17) is 9.47 Å². The van der Waals surface area contributed by atoms with Crippen LogP contribution in [0.2, 0.25) is 0 Å². The lowest BCUT2D eigenvalue weighted by Gasteiger charge is -2.10. The molecule has 4 heteroatoms. The molecule has 24 heavy (non-hydrogen) atoms. The number of nitrogens with zero attached hydrogens (tertiary/aromatic N) is 1. The van der Waals surface area contributed by atoms with Crippen molar-refractivity contribution in [1.29, 1.82) is 0 Å². The van der Waals surface area contributed by atoms with Gasteiger partial charge < -0.3 is 14.0 Å². The molecule has 1 heterocycles. The van der Waals surface area contributed by atoms with E-state index < -0.39 is 0 Å². The predicted octanol–water partition coefficient (Wildman–Crippen LogP) is 4.43. The van der Waals surface area contributed by atoms with Crippen molar-refractivity contribution < 1.29 is 14.3 Å². The SMILES string of the molecule is CCOC(=O)c1c(C)n(-c2ccccc2)c2cc(C)c(OC)cc12. The Balaban J connectivity index is 2.38. The topological polar surface area (TPSA) is 40.5 Å². The maximum atomic E-state index is 12.5. The summed E-state index contributed by atoms with van der Waals surface area (Å²) in [6, 6.07) is 14.0. The monoisotopic (exact) mass is 323 g/mol. The highest BCUT2D eigenvalue weighted by Crippen LogP contribution is 2.34. The van der Waals surface area contributed by atoms with Gasteiger partial charge in [0, 0.05) is 16.8 Å². The first-order valence-corrected chi connectivity index (χ1v) is 8.00. The molecule has 3 rings (SSSR count). The molecule has 124 valence electrons. The van der Waals surface area contributed by atoms with Gasteiger partial charge in [0.1, 0.15) is 5.75 Å². The highest BCUT2D eigenvalue weighted by atomic mass is 16.5. The highest BCUT2D eigenvalue weighted by Gasteiger charge is 2.23. The standard InChI is InChI=1S/C20H21NO3/c1-5-24-20(22)19-14(3)21(15-9-7-6-8-10-15)17-11-13(2)18(23-4)12-16(17)19/h6-12H,5H2,1-4H3. The molecule has 0 atom stereocenters. The van der Waals surface area contributed by atoms with Crippen molar-refractivity contribution in [2.45, 2.75) is 20.8 Å². The van der Waals surface area contributed by atoms with Crippen molar-refractivity contribution in [1.82, 2.24) is 4.57 Å². The summed E-state index contributed by atoms with van der Waals surface area (Å²) in [6.07, 6.45) is 0. The van der Waals surface area contributed by atoms with Crippen LogP contribution in [0.4, 0.5) is 0 Å². The Morgan fingerprint density at radius 1 is 1.12 bits per heavy atom. The molecule has 0 unspecified atom stereocenters. The number of ether oxygens (including phenoxy) is 2. The third-order valence-corrected chi connectivity index (χ3v) is 4.21. The van der Waals surface area contributed by atoms with Gasteiger partial charge in [0.2, 0.25) is 0 Å². The Bertz CT molecular complexity index is 894. The van der Waals surface area contributed by atoms with Gasteiger partial charge in [-0.05, 0) is 50.6 Å². The third kappa shape index (κ3) is 2.54. The fraction of sp³-hybridized carbons (Fsp3) is 0.250. The number of hydrogen-bond donors (Lipinski definition) is 0. The summed E-state index contributed by atoms with van der Waals surface area (Å²) in [5, 5.41) is 0.845. The van der Waals surface area contributed by atoms with E-state index in [-0.39, 0.29) is 5.97 Å². The summed E-state index contributed by atoms with van der Waals surface area (Å²) in [7, 11) is 1.64. The van der Waals surface area contributed by atoms with Crippen molar-refractivity contribution in [2.75, 3.05) is 13.7 Å². The van der Waals surface area contributed by atoms with Gasteiger partial charge >= 0.3 is 5.97 Å². The van der Waals surface area contributed by atoms with Crippen LogP contribution >= 0.6 is 0 Å². The van der Waals surface area contributed by atoms with Crippen LogP contribution in [0.3, 0.4) is 0 Å². The molecule has 0 radical (unpaired) electrons. The molecule has 3 aromatic rings. The first-order valence-electron chi connectivity index (χ1n) is 8.00. The van der Waals surface area contributed by atoms with Crippen LogP contribution in [0, 0.1) is 13.8 Å². The molecule has 0 fully saturated rings. The molecule has 0 saturated carbocycles. The number of fused-ring (bicyclic) bond motifs is 1. The second-order valence-corrected chi connectivity index (χ2v) is 5.69. The van der Waals surface area contributed by atoms with Crippen molar-refractivity contribution in [3.8, 4) is 11.4 Å². The number of aryl methyl sites for hydroxylation is 1. The van der Waals surface area contributed by atoms with E-state index in [9.17, 15) is 4.79 Å². The first kappa shape index (κ1) is 16.1. The van der Waals surface area contributed by atoms with Crippen LogP contribution in [-0.4, -0.2) is 24.3 Å². The molecule has 0 aliphatic carbocycles. The second kappa shape index (κ2) is 6.40. The molecule has 0 spiro atoms. The van der Waals surface area contributed by atoms with E-state index >= 15 is 0 Å². The smallest absolute Gasteiger partial charge is 0.340 e. The summed E-state index contributed by atoms with van der Waals surface area (Å²) >= 11 is 0. The van der Waals surface area contributed by atoms with Gasteiger partial charge in [-0.15, -0.1) is 0 Å². The minimum absolute atomic E-state index is 0.305. The Morgan fingerprint density at radius 2 is 1.83 bits per heavy atom. The van der Waals surface area contributed by atoms with Crippen molar-refractivity contribution in [3.05, 3.63) is 59.3 Å². The predicted molar refractivity (Wildman–Crippen MR) is 95.3 cm³/mol. The number of methoxy groups -OCH3 is 1. The van der Waals surface area contributed by atoms with Crippen molar-refractivity contribution in [2.24, 2.45) is 0 Å². The number of rotatable bonds is 4. The summed E-state index contributed by atoms with van der Waals surface area (Å²) in [6.45, 7) is 6.11. The van der Waals surface area contributed by atoms with E-state index in [1.165, 1.54) is 0 Å². The largest absolute Gasteiger partial charge is 0.496 e. The summed E-state index contributed by atoms with van der Waals surface area (Å²) < 4.78 is 12.8. The number of carbonyl (C=O) groups is 1. The third-order valence-electron chi connectivity index (χ3n) is 4.21. The zero-order chi connectivity index (χ0) is 17.3. The molecule has 0 aliphatic rings. The lowest BCUT2D eigenvalue weighted by atomic mass is 10.1. The van der Waals surface area contributed by atoms with Crippen LogP contribution in [0.15, 0.2) is 42.5 Å². The van der Waals surface area contributed by atoms with E-state index in [1.54, 1.807) is 7.11 Å². The fourth-order valence-electron chi connectivity index (χ4n) is 3.14. The second-order valence-electron chi connectivity index (χ2n) is 5.69. The van der Waals surface area contributed by atoms with Crippen LogP contribution in [0.1, 0.15) is 28.5 Å². The zero-order valence-electron chi connectivity index (χ0n) is 14.4. The molecule has 1 aromatic heterocycles. The summed E-state index contributed by atoms with van der Waals surface area (Å²) in [5.74, 6) is 0.457. The van der Waals surface area contributed by atoms with Crippen LogP contribution in [-0.2, 0) is 4.74 Å². The van der Waals surface area contributed by atoms with Gasteiger partial charge in [0.25, 0.3) is 0 Å². The van der Waals surface area contributed by atoms with Crippen LogP contribution < -0.4 is 4.74 Å². The lowest BCUT2D eigenvalue weighted by Crippen LogP contribution is -2.07. The average molecular weight is 323 g/mol. The van der Waals surface area contributed by atoms with Crippen LogP contribution in [0.25, 0.3) is 16.6 Å². The van der Waals surface area contributed by atoms with Crippen molar-refractivity contribution in [3.63, 3.8) is 0 Å². The quantitative estimate of drug-likeness (QED) is 0.667. The molecular formula is C20H21NO3. The van der Waals surface area contributed by atoms with Gasteiger partial charge in [-0.1, -0.05) is 18.2 Å². The van der Waals surface area contributed by atoms with E-state index in [2.05, 4.69) is 10.6 Å². The number of carbonyl (C=O) groups excluding carboxylic acids is 1. The Kier molecular flexibility index (Phi) is 4.30. The molecule has 0 bridgehead atoms. The molecule has 0 amide bonds. The van der Waals surface area contributed by atoms with E-state index in [1.807, 2.05) is 57.2 Å². The molecule has 2 aromatic carbocycles. The normalized spacial score (nSPS) is 10.8. The van der Waals surface area contributed by atoms with Crippen molar-refractivity contribution >= 4 is 16.9 Å². The number of benzene rings is 2. The summed E-state index contributed by atoms with van der Waals surface area (Å²) in [4.78, 5) is 12.5. The molecule has 4 nitrogen and oxygen atoms in total. The molecule has 0 N–H and O–H groups in total. The van der Waals surface area contributed by atoms with Gasteiger partial charge in [0.05, 0.1) is 24.8 Å². The van der Waals surface area contributed by atoms with Gasteiger partial charge in [0.15, 0.2) is 0 Å². The van der Waals surface area contributed by atoms with Crippen LogP contribution in [0.5, 0.6) is 5.75 Å². The minimum atomic E-state index is -0.305. The van der Waals surface area contributed by atoms with Gasteiger partial charge in [-0.3, -0.25) is 0 Å². The van der Waals surface area contributed by atoms with Gasteiger partial charge in [-0.2, -0.15) is 0 Å². The minimum Gasteiger partial charge on any atom is -0.496 e. The number of hydrogen-bond acceptors (Lipinski definition) is 3. The highest BCUT2D eigenvalue weighted by molar-refractivity contribution is 6.07. The summed E-state index contributed by atoms with van der Waals surface area (Å²) in [5.41, 5.74) is 4.46. The molecule has 0 aliphatic heterocycles. The Hall–Kier alpha value is -2.75. The number of aromatic nitrogens is 1. The Morgan fingerprint density at radius 3 is 2.46 bits per heavy atom. The maximum absolute atomic E-state index is 12.5. The molecule has 0 saturated heterocycles. The first-order chi connectivity index (χ1) is 11.6. The van der Waals surface area contributed by atoms with E-state index in [0.717, 1.165) is 33.6 Å².